The zero-order valence-electron chi connectivity index (χ0n) is 12.4. The molecule has 0 saturated carbocycles. The lowest BCUT2D eigenvalue weighted by Crippen LogP contribution is -2.16. The van der Waals surface area contributed by atoms with Gasteiger partial charge in [0.25, 0.3) is 0 Å². The lowest BCUT2D eigenvalue weighted by molar-refractivity contribution is 0.686. The second-order valence-electron chi connectivity index (χ2n) is 4.95. The molecular formula is C17H24N2S. The molecule has 3 heteroatoms. The maximum Gasteiger partial charge on any atom is 0.0305 e. The normalized spacial score (nSPS) is 10.9. The van der Waals surface area contributed by atoms with Crippen molar-refractivity contribution in [3.63, 3.8) is 0 Å². The van der Waals surface area contributed by atoms with Gasteiger partial charge in [-0.2, -0.15) is 0 Å². The quantitative estimate of drug-likeness (QED) is 0.778. The van der Waals surface area contributed by atoms with Gasteiger partial charge in [0, 0.05) is 18.0 Å². The molecule has 1 aromatic carbocycles. The van der Waals surface area contributed by atoms with Gasteiger partial charge in [-0.25, -0.2) is 0 Å². The molecule has 2 nitrogen and oxygen atoms in total. The molecule has 0 bridgehead atoms. The van der Waals surface area contributed by atoms with E-state index >= 15 is 0 Å². The Morgan fingerprint density at radius 2 is 1.80 bits per heavy atom. The van der Waals surface area contributed by atoms with Crippen LogP contribution in [0, 0.1) is 0 Å². The summed E-state index contributed by atoms with van der Waals surface area (Å²) in [7, 11) is 2.00. The largest absolute Gasteiger partial charge is 0.319 e. The van der Waals surface area contributed by atoms with Crippen molar-refractivity contribution in [3.8, 4) is 0 Å². The van der Waals surface area contributed by atoms with Crippen molar-refractivity contribution in [3.05, 3.63) is 57.3 Å². The molecule has 0 aliphatic rings. The fourth-order valence-electron chi connectivity index (χ4n) is 2.38. The van der Waals surface area contributed by atoms with E-state index in [9.17, 15) is 0 Å². The smallest absolute Gasteiger partial charge is 0.0305 e. The molecular weight excluding hydrogens is 264 g/mol. The molecule has 2 aromatic rings. The van der Waals surface area contributed by atoms with Crippen LogP contribution in [0.4, 0.5) is 0 Å². The molecule has 0 fully saturated rings. The Bertz CT molecular complexity index is 519. The number of benzene rings is 1. The highest BCUT2D eigenvalue weighted by molar-refractivity contribution is 7.10. The summed E-state index contributed by atoms with van der Waals surface area (Å²) >= 11 is 1.85. The molecule has 0 aliphatic carbocycles. The monoisotopic (exact) mass is 288 g/mol. The third kappa shape index (κ3) is 4.17. The van der Waals surface area contributed by atoms with Crippen molar-refractivity contribution in [1.82, 2.24) is 10.6 Å². The first-order chi connectivity index (χ1) is 9.85. The Morgan fingerprint density at radius 3 is 2.55 bits per heavy atom. The highest BCUT2D eigenvalue weighted by Gasteiger charge is 2.04. The Kier molecular flexibility index (Phi) is 6.25. The predicted molar refractivity (Wildman–Crippen MR) is 88.3 cm³/mol. The van der Waals surface area contributed by atoms with E-state index in [0.29, 0.717) is 0 Å². The van der Waals surface area contributed by atoms with Crippen LogP contribution in [0.1, 0.15) is 28.5 Å². The molecule has 2 rings (SSSR count). The molecule has 20 heavy (non-hydrogen) atoms. The van der Waals surface area contributed by atoms with Crippen molar-refractivity contribution in [2.75, 3.05) is 13.6 Å². The van der Waals surface area contributed by atoms with E-state index in [-0.39, 0.29) is 0 Å². The van der Waals surface area contributed by atoms with E-state index < -0.39 is 0 Å². The number of aryl methyl sites for hydroxylation is 1. The summed E-state index contributed by atoms with van der Waals surface area (Å²) in [6.45, 7) is 5.17. The first-order valence-electron chi connectivity index (χ1n) is 7.32. The minimum atomic E-state index is 0.945. The summed E-state index contributed by atoms with van der Waals surface area (Å²) < 4.78 is 0. The third-order valence-electron chi connectivity index (χ3n) is 3.58. The van der Waals surface area contributed by atoms with Crippen molar-refractivity contribution in [2.24, 2.45) is 0 Å². The summed E-state index contributed by atoms with van der Waals surface area (Å²) in [5.41, 5.74) is 4.33. The summed E-state index contributed by atoms with van der Waals surface area (Å²) in [4.78, 5) is 1.47. The molecule has 1 aromatic heterocycles. The molecule has 0 amide bonds. The van der Waals surface area contributed by atoms with Crippen LogP contribution in [0.15, 0.2) is 35.7 Å². The number of nitrogens with one attached hydrogen (secondary N) is 2. The van der Waals surface area contributed by atoms with Crippen LogP contribution in [-0.2, 0) is 25.9 Å². The van der Waals surface area contributed by atoms with Gasteiger partial charge < -0.3 is 10.6 Å². The summed E-state index contributed by atoms with van der Waals surface area (Å²) in [5.74, 6) is 0. The van der Waals surface area contributed by atoms with Crippen molar-refractivity contribution < 1.29 is 0 Å². The van der Waals surface area contributed by atoms with Gasteiger partial charge in [0.1, 0.15) is 0 Å². The van der Waals surface area contributed by atoms with Crippen LogP contribution < -0.4 is 10.6 Å². The number of hydrogen-bond donors (Lipinski definition) is 2. The Hall–Kier alpha value is -1.16. The Labute approximate surface area is 126 Å². The van der Waals surface area contributed by atoms with Gasteiger partial charge in [0.2, 0.25) is 0 Å². The van der Waals surface area contributed by atoms with Gasteiger partial charge in [-0.05, 0) is 54.6 Å². The number of thiophene rings is 1. The second-order valence-corrected chi connectivity index (χ2v) is 5.95. The molecule has 0 atom stereocenters. The van der Waals surface area contributed by atoms with E-state index in [1.54, 1.807) is 0 Å². The molecule has 0 aliphatic heterocycles. The molecule has 1 heterocycles. The van der Waals surface area contributed by atoms with E-state index in [4.69, 9.17) is 0 Å². The molecule has 0 unspecified atom stereocenters. The van der Waals surface area contributed by atoms with Crippen LogP contribution >= 0.6 is 11.3 Å². The Morgan fingerprint density at radius 1 is 1.00 bits per heavy atom. The second kappa shape index (κ2) is 8.20. The third-order valence-corrected chi connectivity index (χ3v) is 4.55. The SMILES string of the molecule is CCc1ccsc1CNCc1ccccc1CCNC. The molecule has 108 valence electrons. The lowest BCUT2D eigenvalue weighted by Gasteiger charge is -2.10. The summed E-state index contributed by atoms with van der Waals surface area (Å²) in [6, 6.07) is 11.0. The highest BCUT2D eigenvalue weighted by atomic mass is 32.1. The van der Waals surface area contributed by atoms with Gasteiger partial charge in [0.05, 0.1) is 0 Å². The molecule has 0 saturated heterocycles. The van der Waals surface area contributed by atoms with Crippen molar-refractivity contribution in [2.45, 2.75) is 32.9 Å². The fraction of sp³-hybridized carbons (Fsp3) is 0.412. The first-order valence-corrected chi connectivity index (χ1v) is 8.20. The number of rotatable bonds is 8. The lowest BCUT2D eigenvalue weighted by atomic mass is 10.0. The summed E-state index contributed by atoms with van der Waals surface area (Å²) in [6.07, 6.45) is 2.22. The zero-order valence-corrected chi connectivity index (χ0v) is 13.2. The van der Waals surface area contributed by atoms with Gasteiger partial charge >= 0.3 is 0 Å². The van der Waals surface area contributed by atoms with Crippen LogP contribution in [0.25, 0.3) is 0 Å². The number of likely N-dealkylation sites (N-methyl/N-ethyl adjacent to an activating group) is 1. The maximum absolute atomic E-state index is 3.59. The molecule has 0 radical (unpaired) electrons. The van der Waals surface area contributed by atoms with Crippen molar-refractivity contribution in [1.29, 1.82) is 0 Å². The van der Waals surface area contributed by atoms with Gasteiger partial charge in [-0.3, -0.25) is 0 Å². The maximum atomic E-state index is 3.59. The summed E-state index contributed by atoms with van der Waals surface area (Å²) in [5, 5.41) is 9.00. The highest BCUT2D eigenvalue weighted by Crippen LogP contribution is 2.17. The van der Waals surface area contributed by atoms with E-state index in [2.05, 4.69) is 53.3 Å². The van der Waals surface area contributed by atoms with Crippen LogP contribution in [0.5, 0.6) is 0 Å². The van der Waals surface area contributed by atoms with E-state index in [0.717, 1.165) is 32.5 Å². The average Bonchev–Trinajstić information content (AvgIpc) is 2.94. The minimum absolute atomic E-state index is 0.945. The van der Waals surface area contributed by atoms with Crippen molar-refractivity contribution >= 4 is 11.3 Å². The van der Waals surface area contributed by atoms with Gasteiger partial charge in [-0.1, -0.05) is 31.2 Å². The first kappa shape index (κ1) is 15.2. The van der Waals surface area contributed by atoms with Gasteiger partial charge in [-0.15, -0.1) is 11.3 Å². The predicted octanol–water partition coefficient (Wildman–Crippen LogP) is 3.36. The standard InChI is InChI=1S/C17H24N2S/c1-3-14-9-11-20-17(14)13-19-12-16-7-5-4-6-15(16)8-10-18-2/h4-7,9,11,18-19H,3,8,10,12-13H2,1-2H3. The zero-order chi connectivity index (χ0) is 14.2. The fourth-order valence-corrected chi connectivity index (χ4v) is 3.33. The van der Waals surface area contributed by atoms with Crippen LogP contribution in [0.3, 0.4) is 0 Å². The topological polar surface area (TPSA) is 24.1 Å². The van der Waals surface area contributed by atoms with Crippen LogP contribution in [0.2, 0.25) is 0 Å². The molecule has 2 N–H and O–H groups in total. The van der Waals surface area contributed by atoms with Gasteiger partial charge in [0.15, 0.2) is 0 Å². The van der Waals surface area contributed by atoms with Crippen LogP contribution in [-0.4, -0.2) is 13.6 Å². The average molecular weight is 288 g/mol. The van der Waals surface area contributed by atoms with E-state index in [1.807, 2.05) is 18.4 Å². The number of hydrogen-bond acceptors (Lipinski definition) is 3. The Balaban J connectivity index is 1.90. The molecule has 0 spiro atoms. The minimum Gasteiger partial charge on any atom is -0.319 e. The van der Waals surface area contributed by atoms with E-state index in [1.165, 1.54) is 21.6 Å².